The summed E-state index contributed by atoms with van der Waals surface area (Å²) in [6.07, 6.45) is -0.780. The molecule has 0 bridgehead atoms. The third kappa shape index (κ3) is 4.01. The zero-order valence-corrected chi connectivity index (χ0v) is 17.1. The number of fused-ring (bicyclic) bond motifs is 2. The quantitative estimate of drug-likeness (QED) is 0.212. The molecule has 0 spiro atoms. The second-order valence-electron chi connectivity index (χ2n) is 6.96. The topological polar surface area (TPSA) is 194 Å². The molecule has 12 heteroatoms. The van der Waals surface area contributed by atoms with E-state index in [0.717, 1.165) is 6.07 Å². The van der Waals surface area contributed by atoms with Gasteiger partial charge < -0.3 is 34.6 Å². The van der Waals surface area contributed by atoms with E-state index in [-0.39, 0.29) is 23.0 Å². The zero-order valence-electron chi connectivity index (χ0n) is 17.1. The lowest BCUT2D eigenvalue weighted by atomic mass is 10.0. The van der Waals surface area contributed by atoms with E-state index in [0.29, 0.717) is 0 Å². The van der Waals surface area contributed by atoms with Crippen molar-refractivity contribution in [2.75, 3.05) is 0 Å². The van der Waals surface area contributed by atoms with Crippen molar-refractivity contribution in [1.29, 1.82) is 0 Å². The van der Waals surface area contributed by atoms with Gasteiger partial charge in [-0.05, 0) is 25.5 Å². The molecule has 172 valence electrons. The number of aldehydes is 1. The van der Waals surface area contributed by atoms with Gasteiger partial charge in [0.15, 0.2) is 23.5 Å². The molecule has 1 aliphatic heterocycles. The Morgan fingerprint density at radius 3 is 2.30 bits per heavy atom. The molecule has 33 heavy (non-hydrogen) atoms. The summed E-state index contributed by atoms with van der Waals surface area (Å²) in [6, 6.07) is 1.13. The number of carboxylic acid groups (broad SMARTS) is 2. The third-order valence-corrected chi connectivity index (χ3v) is 4.82. The number of ether oxygens (including phenoxy) is 3. The maximum atomic E-state index is 12.9. The van der Waals surface area contributed by atoms with Crippen LogP contribution < -0.4 is 9.47 Å². The molecule has 3 rings (SSSR count). The summed E-state index contributed by atoms with van der Waals surface area (Å²) in [4.78, 5) is 58.5. The van der Waals surface area contributed by atoms with E-state index in [1.807, 2.05) is 0 Å². The Kier molecular flexibility index (Phi) is 5.94. The molecule has 0 aliphatic carbocycles. The first-order chi connectivity index (χ1) is 15.5. The summed E-state index contributed by atoms with van der Waals surface area (Å²) >= 11 is 0. The summed E-state index contributed by atoms with van der Waals surface area (Å²) in [5, 5.41) is 38.9. The highest BCUT2D eigenvalue weighted by molar-refractivity contribution is 6.02. The van der Waals surface area contributed by atoms with Crippen LogP contribution >= 0.6 is 0 Å². The van der Waals surface area contributed by atoms with E-state index in [9.17, 15) is 39.3 Å². The van der Waals surface area contributed by atoms with Gasteiger partial charge in [0, 0.05) is 5.56 Å². The molecular weight excluding hydrogens is 444 g/mol. The fourth-order valence-electron chi connectivity index (χ4n) is 3.31. The number of phenols is 2. The number of aromatic hydroxyl groups is 2. The lowest BCUT2D eigenvalue weighted by Crippen LogP contribution is -2.14. The Morgan fingerprint density at radius 2 is 1.73 bits per heavy atom. The van der Waals surface area contributed by atoms with Crippen molar-refractivity contribution in [2.24, 2.45) is 0 Å². The molecule has 12 nitrogen and oxygen atoms in total. The predicted molar refractivity (Wildman–Crippen MR) is 105 cm³/mol. The van der Waals surface area contributed by atoms with E-state index in [1.54, 1.807) is 0 Å². The fourth-order valence-corrected chi connectivity index (χ4v) is 3.31. The standard InChI is InChI=1S/C21H16O12/c1-7-3-11(23)9(5-22)18-14(7)21(30)33-19-10(6-31-13(26)4-12(24)25)16(27)15(20(28)29)8(2)17(19)32-18/h3,5,23,27H,4,6H2,1-2H3,(H,24,25)(H,28,29). The zero-order chi connectivity index (χ0) is 24.6. The van der Waals surface area contributed by atoms with Gasteiger partial charge in [0.1, 0.15) is 35.7 Å². The molecule has 2 aromatic rings. The van der Waals surface area contributed by atoms with Gasteiger partial charge in [-0.2, -0.15) is 0 Å². The van der Waals surface area contributed by atoms with Gasteiger partial charge in [0.05, 0.1) is 11.1 Å². The minimum Gasteiger partial charge on any atom is -0.507 e. The molecule has 0 saturated heterocycles. The number of hydrogen-bond acceptors (Lipinski definition) is 10. The van der Waals surface area contributed by atoms with Gasteiger partial charge >= 0.3 is 23.9 Å². The number of aromatic carboxylic acids is 1. The highest BCUT2D eigenvalue weighted by Gasteiger charge is 2.36. The number of rotatable bonds is 6. The molecule has 0 saturated carbocycles. The molecule has 0 atom stereocenters. The van der Waals surface area contributed by atoms with Gasteiger partial charge in [-0.3, -0.25) is 14.4 Å². The molecule has 0 unspecified atom stereocenters. The molecule has 0 aromatic heterocycles. The summed E-state index contributed by atoms with van der Waals surface area (Å²) < 4.78 is 15.8. The Hall–Kier alpha value is -4.61. The van der Waals surface area contributed by atoms with Crippen LogP contribution in [0.2, 0.25) is 0 Å². The van der Waals surface area contributed by atoms with Crippen molar-refractivity contribution < 1.29 is 58.6 Å². The summed E-state index contributed by atoms with van der Waals surface area (Å²) in [5.41, 5.74) is -1.84. The molecule has 1 heterocycles. The van der Waals surface area contributed by atoms with Gasteiger partial charge in [-0.1, -0.05) is 0 Å². The second kappa shape index (κ2) is 8.49. The van der Waals surface area contributed by atoms with E-state index < -0.39 is 82.3 Å². The second-order valence-corrected chi connectivity index (χ2v) is 6.96. The Labute approximate surface area is 184 Å². The van der Waals surface area contributed by atoms with Crippen LogP contribution in [0.3, 0.4) is 0 Å². The molecule has 4 N–H and O–H groups in total. The van der Waals surface area contributed by atoms with Crippen LogP contribution in [0.25, 0.3) is 0 Å². The first-order valence-corrected chi connectivity index (χ1v) is 9.18. The maximum Gasteiger partial charge on any atom is 0.347 e. The lowest BCUT2D eigenvalue weighted by molar-refractivity contribution is -0.152. The van der Waals surface area contributed by atoms with E-state index in [1.165, 1.54) is 13.8 Å². The molecular formula is C21H16O12. The highest BCUT2D eigenvalue weighted by Crippen LogP contribution is 2.50. The van der Waals surface area contributed by atoms with E-state index in [2.05, 4.69) is 0 Å². The third-order valence-electron chi connectivity index (χ3n) is 4.82. The molecule has 0 amide bonds. The maximum absolute atomic E-state index is 12.9. The number of esters is 2. The Bertz CT molecular complexity index is 1240. The first-order valence-electron chi connectivity index (χ1n) is 9.18. The van der Waals surface area contributed by atoms with Crippen molar-refractivity contribution >= 4 is 30.2 Å². The number of aliphatic carboxylic acids is 1. The van der Waals surface area contributed by atoms with Gasteiger partial charge in [0.25, 0.3) is 0 Å². The molecule has 0 radical (unpaired) electrons. The first kappa shape index (κ1) is 23.1. The van der Waals surface area contributed by atoms with Crippen LogP contribution in [0.4, 0.5) is 0 Å². The molecule has 0 fully saturated rings. The SMILES string of the molecule is Cc1cc(O)c(C=O)c2c1C(=O)Oc1c(COC(=O)CC(=O)O)c(O)c(C(=O)O)c(C)c1O2. The number of carbonyl (C=O) groups is 5. The van der Waals surface area contributed by atoms with Crippen molar-refractivity contribution in [1.82, 2.24) is 0 Å². The van der Waals surface area contributed by atoms with Gasteiger partial charge in [-0.15, -0.1) is 0 Å². The average molecular weight is 460 g/mol. The number of carboxylic acids is 2. The lowest BCUT2D eigenvalue weighted by Gasteiger charge is -2.18. The van der Waals surface area contributed by atoms with Crippen LogP contribution in [0, 0.1) is 13.8 Å². The van der Waals surface area contributed by atoms with Crippen LogP contribution in [-0.4, -0.2) is 50.6 Å². The number of hydrogen-bond donors (Lipinski definition) is 4. The van der Waals surface area contributed by atoms with Crippen molar-refractivity contribution in [2.45, 2.75) is 26.9 Å². The van der Waals surface area contributed by atoms with Crippen molar-refractivity contribution in [3.63, 3.8) is 0 Å². The Morgan fingerprint density at radius 1 is 1.06 bits per heavy atom. The number of aryl methyl sites for hydroxylation is 1. The van der Waals surface area contributed by atoms with Crippen LogP contribution in [0.15, 0.2) is 6.07 Å². The summed E-state index contributed by atoms with van der Waals surface area (Å²) in [5.74, 6) is -8.07. The number of benzene rings is 2. The van der Waals surface area contributed by atoms with Crippen LogP contribution in [0.5, 0.6) is 28.7 Å². The number of carbonyl (C=O) groups excluding carboxylic acids is 3. The normalized spacial score (nSPS) is 11.9. The Balaban J connectivity index is 2.26. The van der Waals surface area contributed by atoms with E-state index >= 15 is 0 Å². The summed E-state index contributed by atoms with van der Waals surface area (Å²) in [6.45, 7) is 1.80. The van der Waals surface area contributed by atoms with Gasteiger partial charge in [0.2, 0.25) is 0 Å². The molecule has 2 aromatic carbocycles. The monoisotopic (exact) mass is 460 g/mol. The average Bonchev–Trinajstić information content (AvgIpc) is 2.84. The van der Waals surface area contributed by atoms with Crippen molar-refractivity contribution in [3.05, 3.63) is 39.4 Å². The fraction of sp³-hybridized carbons (Fsp3) is 0.190. The van der Waals surface area contributed by atoms with Gasteiger partial charge in [-0.25, -0.2) is 9.59 Å². The van der Waals surface area contributed by atoms with Crippen LogP contribution in [-0.2, 0) is 20.9 Å². The van der Waals surface area contributed by atoms with E-state index in [4.69, 9.17) is 19.3 Å². The van der Waals surface area contributed by atoms with Crippen molar-refractivity contribution in [3.8, 4) is 28.7 Å². The largest absolute Gasteiger partial charge is 0.507 e. The number of phenolic OH excluding ortho intramolecular Hbond substituents is 1. The van der Waals surface area contributed by atoms with Crippen LogP contribution in [0.1, 0.15) is 54.2 Å². The minimum atomic E-state index is -1.60. The smallest absolute Gasteiger partial charge is 0.347 e. The minimum absolute atomic E-state index is 0.167. The molecule has 1 aliphatic rings. The summed E-state index contributed by atoms with van der Waals surface area (Å²) in [7, 11) is 0. The highest BCUT2D eigenvalue weighted by atomic mass is 16.6. The predicted octanol–water partition coefficient (Wildman–Crippen LogP) is 2.07.